The summed E-state index contributed by atoms with van der Waals surface area (Å²) in [6.45, 7) is 4.32. The zero-order chi connectivity index (χ0) is 24.2. The number of pyridine rings is 1. The van der Waals surface area contributed by atoms with Crippen molar-refractivity contribution in [3.05, 3.63) is 89.7 Å². The van der Waals surface area contributed by atoms with Gasteiger partial charge in [-0.3, -0.25) is 19.4 Å². The van der Waals surface area contributed by atoms with Crippen molar-refractivity contribution in [2.24, 2.45) is 0 Å². The van der Waals surface area contributed by atoms with Crippen LogP contribution < -0.4 is 9.64 Å². The minimum absolute atomic E-state index is 0.0765. The summed E-state index contributed by atoms with van der Waals surface area (Å²) < 4.78 is 5.18. The van der Waals surface area contributed by atoms with E-state index in [1.807, 2.05) is 18.2 Å². The van der Waals surface area contributed by atoms with Crippen LogP contribution in [0.3, 0.4) is 0 Å². The monoisotopic (exact) mass is 457 g/mol. The molecule has 3 aromatic rings. The van der Waals surface area contributed by atoms with Gasteiger partial charge in [0.1, 0.15) is 11.8 Å². The van der Waals surface area contributed by atoms with Crippen LogP contribution >= 0.6 is 0 Å². The molecule has 1 aliphatic rings. The van der Waals surface area contributed by atoms with Gasteiger partial charge in [0.15, 0.2) is 0 Å². The van der Waals surface area contributed by atoms with Crippen molar-refractivity contribution in [3.8, 4) is 5.75 Å². The maximum absolute atomic E-state index is 13.5. The number of methoxy groups -OCH3 is 1. The lowest BCUT2D eigenvalue weighted by molar-refractivity contribution is -0.122. The standard InChI is InChI=1S/C27H27N3O4/c1-18(2)20-6-10-22(11-7-20)30-25(31)15-24(27(30)33)29(17-19-5-4-14-28-16-19)26(32)21-8-12-23(34-3)13-9-21/h4-14,16,18,24H,15,17H2,1-3H3. The van der Waals surface area contributed by atoms with Crippen molar-refractivity contribution in [2.75, 3.05) is 12.0 Å². The Labute approximate surface area is 199 Å². The summed E-state index contributed by atoms with van der Waals surface area (Å²) >= 11 is 0. The molecule has 174 valence electrons. The van der Waals surface area contributed by atoms with Gasteiger partial charge in [-0.05, 0) is 59.5 Å². The average molecular weight is 458 g/mol. The van der Waals surface area contributed by atoms with E-state index in [-0.39, 0.29) is 24.8 Å². The first-order chi connectivity index (χ1) is 16.4. The summed E-state index contributed by atoms with van der Waals surface area (Å²) in [6.07, 6.45) is 3.22. The first kappa shape index (κ1) is 23.2. The predicted octanol–water partition coefficient (Wildman–Crippen LogP) is 4.19. The first-order valence-electron chi connectivity index (χ1n) is 11.2. The molecule has 1 aliphatic heterocycles. The predicted molar refractivity (Wildman–Crippen MR) is 129 cm³/mol. The second-order valence-electron chi connectivity index (χ2n) is 8.56. The number of benzene rings is 2. The van der Waals surface area contributed by atoms with Crippen molar-refractivity contribution < 1.29 is 19.1 Å². The summed E-state index contributed by atoms with van der Waals surface area (Å²) in [4.78, 5) is 46.7. The number of hydrogen-bond donors (Lipinski definition) is 0. The number of aromatic nitrogens is 1. The number of hydrogen-bond acceptors (Lipinski definition) is 5. The Morgan fingerprint density at radius 3 is 2.38 bits per heavy atom. The molecule has 1 atom stereocenters. The number of imide groups is 1. The molecule has 1 aromatic heterocycles. The van der Waals surface area contributed by atoms with Crippen molar-refractivity contribution in [2.45, 2.75) is 38.8 Å². The van der Waals surface area contributed by atoms with Crippen molar-refractivity contribution >= 4 is 23.4 Å². The molecule has 0 radical (unpaired) electrons. The number of anilines is 1. The molecule has 3 amide bonds. The Kier molecular flexibility index (Phi) is 6.72. The third kappa shape index (κ3) is 4.69. The highest BCUT2D eigenvalue weighted by molar-refractivity contribution is 6.23. The van der Waals surface area contributed by atoms with E-state index in [9.17, 15) is 14.4 Å². The number of rotatable bonds is 7. The van der Waals surface area contributed by atoms with Gasteiger partial charge in [-0.15, -0.1) is 0 Å². The van der Waals surface area contributed by atoms with Gasteiger partial charge in [0, 0.05) is 24.5 Å². The van der Waals surface area contributed by atoms with E-state index in [0.717, 1.165) is 11.1 Å². The summed E-state index contributed by atoms with van der Waals surface area (Å²) in [5.74, 6) is -0.115. The van der Waals surface area contributed by atoms with E-state index in [2.05, 4.69) is 18.8 Å². The van der Waals surface area contributed by atoms with Gasteiger partial charge >= 0.3 is 0 Å². The lowest BCUT2D eigenvalue weighted by Crippen LogP contribution is -2.45. The van der Waals surface area contributed by atoms with Gasteiger partial charge in [0.05, 0.1) is 19.2 Å². The van der Waals surface area contributed by atoms with Crippen molar-refractivity contribution in [3.63, 3.8) is 0 Å². The van der Waals surface area contributed by atoms with E-state index in [4.69, 9.17) is 4.74 Å². The normalized spacial score (nSPS) is 15.6. The summed E-state index contributed by atoms with van der Waals surface area (Å²) in [5, 5.41) is 0. The average Bonchev–Trinajstić information content (AvgIpc) is 3.16. The van der Waals surface area contributed by atoms with Crippen LogP contribution in [0.2, 0.25) is 0 Å². The van der Waals surface area contributed by atoms with Crippen LogP contribution in [0, 0.1) is 0 Å². The zero-order valence-electron chi connectivity index (χ0n) is 19.5. The van der Waals surface area contributed by atoms with Crippen molar-refractivity contribution in [1.29, 1.82) is 0 Å². The van der Waals surface area contributed by atoms with Gasteiger partial charge < -0.3 is 9.64 Å². The van der Waals surface area contributed by atoms with Gasteiger partial charge in [-0.25, -0.2) is 4.90 Å². The Morgan fingerprint density at radius 2 is 1.79 bits per heavy atom. The molecule has 1 unspecified atom stereocenters. The lowest BCUT2D eigenvalue weighted by atomic mass is 10.0. The quantitative estimate of drug-likeness (QED) is 0.497. The Hall–Kier alpha value is -4.00. The molecule has 0 N–H and O–H groups in total. The summed E-state index contributed by atoms with van der Waals surface area (Å²) in [7, 11) is 1.55. The highest BCUT2D eigenvalue weighted by Crippen LogP contribution is 2.29. The largest absolute Gasteiger partial charge is 0.497 e. The van der Waals surface area contributed by atoms with Crippen LogP contribution in [-0.4, -0.2) is 40.8 Å². The molecule has 0 aliphatic carbocycles. The number of carbonyl (C=O) groups is 3. The zero-order valence-corrected chi connectivity index (χ0v) is 19.5. The van der Waals surface area contributed by atoms with Gasteiger partial charge in [-0.2, -0.15) is 0 Å². The van der Waals surface area contributed by atoms with Gasteiger partial charge in [0.2, 0.25) is 5.91 Å². The van der Waals surface area contributed by atoms with E-state index in [1.54, 1.807) is 62.0 Å². The maximum atomic E-state index is 13.5. The highest BCUT2D eigenvalue weighted by atomic mass is 16.5. The SMILES string of the molecule is COc1ccc(C(=O)N(Cc2cccnc2)C2CC(=O)N(c3ccc(C(C)C)cc3)C2=O)cc1. The molecule has 7 nitrogen and oxygen atoms in total. The van der Waals surface area contributed by atoms with Crippen LogP contribution in [0.4, 0.5) is 5.69 Å². The van der Waals surface area contributed by atoms with Gasteiger partial charge in [0.25, 0.3) is 11.8 Å². The third-order valence-corrected chi connectivity index (χ3v) is 5.99. The van der Waals surface area contributed by atoms with Crippen LogP contribution in [0.15, 0.2) is 73.1 Å². The fourth-order valence-electron chi connectivity index (χ4n) is 4.05. The maximum Gasteiger partial charge on any atom is 0.257 e. The first-order valence-corrected chi connectivity index (χ1v) is 11.2. The second kappa shape index (κ2) is 9.87. The van der Waals surface area contributed by atoms with E-state index in [0.29, 0.717) is 22.9 Å². The van der Waals surface area contributed by atoms with E-state index >= 15 is 0 Å². The summed E-state index contributed by atoms with van der Waals surface area (Å²) in [6, 6.07) is 16.8. The van der Waals surface area contributed by atoms with Crippen LogP contribution in [0.5, 0.6) is 5.75 Å². The van der Waals surface area contributed by atoms with Crippen LogP contribution in [0.1, 0.15) is 47.7 Å². The molecule has 2 aromatic carbocycles. The fourth-order valence-corrected chi connectivity index (χ4v) is 4.05. The fraction of sp³-hybridized carbons (Fsp3) is 0.259. The van der Waals surface area contributed by atoms with E-state index in [1.165, 1.54) is 9.80 Å². The Bertz CT molecular complexity index is 1170. The number of ether oxygens (including phenoxy) is 1. The molecule has 7 heteroatoms. The molecule has 1 saturated heterocycles. The molecule has 34 heavy (non-hydrogen) atoms. The molecular formula is C27H27N3O4. The Balaban J connectivity index is 1.65. The molecule has 2 heterocycles. The smallest absolute Gasteiger partial charge is 0.257 e. The molecule has 0 bridgehead atoms. The second-order valence-corrected chi connectivity index (χ2v) is 8.56. The topological polar surface area (TPSA) is 79.8 Å². The number of nitrogens with zero attached hydrogens (tertiary/aromatic N) is 3. The number of carbonyl (C=O) groups excluding carboxylic acids is 3. The van der Waals surface area contributed by atoms with Crippen LogP contribution in [-0.2, 0) is 16.1 Å². The highest BCUT2D eigenvalue weighted by Gasteiger charge is 2.44. The molecule has 0 spiro atoms. The molecule has 0 saturated carbocycles. The number of amides is 3. The minimum Gasteiger partial charge on any atom is -0.497 e. The molecular weight excluding hydrogens is 430 g/mol. The van der Waals surface area contributed by atoms with Gasteiger partial charge in [-0.1, -0.05) is 32.0 Å². The third-order valence-electron chi connectivity index (χ3n) is 5.99. The van der Waals surface area contributed by atoms with Crippen molar-refractivity contribution in [1.82, 2.24) is 9.88 Å². The molecule has 1 fully saturated rings. The minimum atomic E-state index is -0.910. The van der Waals surface area contributed by atoms with E-state index < -0.39 is 11.9 Å². The Morgan fingerprint density at radius 1 is 1.09 bits per heavy atom. The van der Waals surface area contributed by atoms with Crippen LogP contribution in [0.25, 0.3) is 0 Å². The lowest BCUT2D eigenvalue weighted by Gasteiger charge is -2.28. The molecule has 4 rings (SSSR count). The summed E-state index contributed by atoms with van der Waals surface area (Å²) in [5.41, 5.74) is 2.81.